The van der Waals surface area contributed by atoms with Gasteiger partial charge in [0, 0.05) is 36.3 Å². The van der Waals surface area contributed by atoms with Gasteiger partial charge in [0.15, 0.2) is 0 Å². The standard InChI is InChI=1S/C23H21F4N3OS/c24-18-5-7-20(8-6-18)30-10-9-15(13-30)12-28-21(31)11-19-14-32-22(29-19)16-1-3-17(4-2-16)23(25,26)27/h1-8,14-15H,9-13H2,(H,28,31). The minimum Gasteiger partial charge on any atom is -0.371 e. The Hall–Kier alpha value is -2.94. The molecule has 168 valence electrons. The minimum atomic E-state index is -4.37. The van der Waals surface area contributed by atoms with Crippen LogP contribution in [-0.4, -0.2) is 30.5 Å². The van der Waals surface area contributed by atoms with Gasteiger partial charge in [0.25, 0.3) is 0 Å². The Labute approximate surface area is 186 Å². The van der Waals surface area contributed by atoms with Gasteiger partial charge < -0.3 is 10.2 Å². The molecule has 1 aliphatic heterocycles. The van der Waals surface area contributed by atoms with Crippen LogP contribution in [0.3, 0.4) is 0 Å². The number of halogens is 4. The number of nitrogens with zero attached hydrogens (tertiary/aromatic N) is 2. The highest BCUT2D eigenvalue weighted by atomic mass is 32.1. The van der Waals surface area contributed by atoms with Gasteiger partial charge in [-0.3, -0.25) is 4.79 Å². The number of nitrogens with one attached hydrogen (secondary N) is 1. The average molecular weight is 464 g/mol. The second-order valence-corrected chi connectivity index (χ2v) is 8.64. The van der Waals surface area contributed by atoms with Crippen molar-refractivity contribution in [2.75, 3.05) is 24.5 Å². The fourth-order valence-corrected chi connectivity index (χ4v) is 4.52. The monoisotopic (exact) mass is 463 g/mol. The zero-order chi connectivity index (χ0) is 22.7. The van der Waals surface area contributed by atoms with Crippen LogP contribution in [0.5, 0.6) is 0 Å². The van der Waals surface area contributed by atoms with Gasteiger partial charge in [0.05, 0.1) is 17.7 Å². The smallest absolute Gasteiger partial charge is 0.371 e. The van der Waals surface area contributed by atoms with Crippen molar-refractivity contribution in [2.24, 2.45) is 5.92 Å². The van der Waals surface area contributed by atoms with Crippen LogP contribution in [0.25, 0.3) is 10.6 Å². The predicted molar refractivity (Wildman–Crippen MR) is 116 cm³/mol. The summed E-state index contributed by atoms with van der Waals surface area (Å²) < 4.78 is 51.2. The highest BCUT2D eigenvalue weighted by Gasteiger charge is 2.30. The summed E-state index contributed by atoms with van der Waals surface area (Å²) in [5.41, 5.74) is 1.43. The number of carbonyl (C=O) groups is 1. The summed E-state index contributed by atoms with van der Waals surface area (Å²) in [6.45, 7) is 2.20. The molecule has 0 aliphatic carbocycles. The summed E-state index contributed by atoms with van der Waals surface area (Å²) in [6, 6.07) is 11.2. The molecule has 1 aliphatic rings. The first-order chi connectivity index (χ1) is 15.3. The van der Waals surface area contributed by atoms with Gasteiger partial charge in [-0.1, -0.05) is 12.1 Å². The Morgan fingerprint density at radius 1 is 1.12 bits per heavy atom. The number of carbonyl (C=O) groups excluding carboxylic acids is 1. The molecule has 1 aromatic heterocycles. The van der Waals surface area contributed by atoms with Crippen LogP contribution >= 0.6 is 11.3 Å². The molecular weight excluding hydrogens is 442 g/mol. The number of thiazole rings is 1. The zero-order valence-corrected chi connectivity index (χ0v) is 17.8. The summed E-state index contributed by atoms with van der Waals surface area (Å²) in [5, 5.41) is 5.27. The highest BCUT2D eigenvalue weighted by Crippen LogP contribution is 2.32. The van der Waals surface area contributed by atoms with Gasteiger partial charge in [-0.15, -0.1) is 11.3 Å². The summed E-state index contributed by atoms with van der Waals surface area (Å²) in [6.07, 6.45) is -3.32. The molecule has 9 heteroatoms. The van der Waals surface area contributed by atoms with Crippen molar-refractivity contribution < 1.29 is 22.4 Å². The lowest BCUT2D eigenvalue weighted by Gasteiger charge is -2.18. The molecule has 0 spiro atoms. The number of rotatable bonds is 6. The van der Waals surface area contributed by atoms with Crippen LogP contribution in [0.15, 0.2) is 53.9 Å². The minimum absolute atomic E-state index is 0.117. The third-order valence-corrected chi connectivity index (χ3v) is 6.36. The van der Waals surface area contributed by atoms with E-state index < -0.39 is 11.7 Å². The van der Waals surface area contributed by atoms with E-state index >= 15 is 0 Å². The van der Waals surface area contributed by atoms with E-state index in [1.54, 1.807) is 17.5 Å². The number of alkyl halides is 3. The fourth-order valence-electron chi connectivity index (χ4n) is 3.69. The first-order valence-corrected chi connectivity index (χ1v) is 11.0. The molecule has 0 saturated carbocycles. The molecular formula is C23H21F4N3OS. The Bertz CT molecular complexity index is 1060. The number of benzene rings is 2. The summed E-state index contributed by atoms with van der Waals surface area (Å²) >= 11 is 1.29. The normalized spacial score (nSPS) is 16.4. The van der Waals surface area contributed by atoms with Gasteiger partial charge in [-0.05, 0) is 48.7 Å². The van der Waals surface area contributed by atoms with Crippen molar-refractivity contribution in [1.82, 2.24) is 10.3 Å². The molecule has 2 aromatic carbocycles. The summed E-state index contributed by atoms with van der Waals surface area (Å²) in [5.74, 6) is -0.100. The number of aromatic nitrogens is 1. The van der Waals surface area contributed by atoms with Crippen molar-refractivity contribution in [3.63, 3.8) is 0 Å². The third-order valence-electron chi connectivity index (χ3n) is 5.42. The predicted octanol–water partition coefficient (Wildman–Crippen LogP) is 5.15. The molecule has 1 unspecified atom stereocenters. The largest absolute Gasteiger partial charge is 0.416 e. The summed E-state index contributed by atoms with van der Waals surface area (Å²) in [7, 11) is 0. The van der Waals surface area contributed by atoms with E-state index in [2.05, 4.69) is 15.2 Å². The number of anilines is 1. The van der Waals surface area contributed by atoms with Crippen LogP contribution in [0.1, 0.15) is 17.7 Å². The van der Waals surface area contributed by atoms with Crippen molar-refractivity contribution in [3.8, 4) is 10.6 Å². The van der Waals surface area contributed by atoms with E-state index in [4.69, 9.17) is 0 Å². The number of hydrogen-bond acceptors (Lipinski definition) is 4. The SMILES string of the molecule is O=C(Cc1csc(-c2ccc(C(F)(F)F)cc2)n1)NCC1CCN(c2ccc(F)cc2)C1. The van der Waals surface area contributed by atoms with E-state index in [0.717, 1.165) is 37.3 Å². The molecule has 4 nitrogen and oxygen atoms in total. The second-order valence-electron chi connectivity index (χ2n) is 7.78. The first kappa shape index (κ1) is 22.3. The maximum Gasteiger partial charge on any atom is 0.416 e. The van der Waals surface area contributed by atoms with Gasteiger partial charge in [-0.2, -0.15) is 13.2 Å². The van der Waals surface area contributed by atoms with E-state index in [9.17, 15) is 22.4 Å². The molecule has 0 bridgehead atoms. The van der Waals surface area contributed by atoms with Gasteiger partial charge in [0.1, 0.15) is 10.8 Å². The van der Waals surface area contributed by atoms with E-state index in [-0.39, 0.29) is 18.1 Å². The number of amides is 1. The van der Waals surface area contributed by atoms with Gasteiger partial charge in [0.2, 0.25) is 5.91 Å². The zero-order valence-electron chi connectivity index (χ0n) is 17.0. The maximum atomic E-state index is 13.1. The topological polar surface area (TPSA) is 45.2 Å². The average Bonchev–Trinajstić information content (AvgIpc) is 3.42. The Morgan fingerprint density at radius 2 is 1.84 bits per heavy atom. The molecule has 32 heavy (non-hydrogen) atoms. The third kappa shape index (κ3) is 5.45. The molecule has 1 amide bonds. The Morgan fingerprint density at radius 3 is 2.53 bits per heavy atom. The Balaban J connectivity index is 1.26. The van der Waals surface area contributed by atoms with Crippen LogP contribution in [0.4, 0.5) is 23.2 Å². The fraction of sp³-hybridized carbons (Fsp3) is 0.304. The molecule has 3 aromatic rings. The van der Waals surface area contributed by atoms with Crippen LogP contribution in [0, 0.1) is 11.7 Å². The van der Waals surface area contributed by atoms with Crippen LogP contribution in [-0.2, 0) is 17.4 Å². The van der Waals surface area contributed by atoms with Gasteiger partial charge >= 0.3 is 6.18 Å². The lowest BCUT2D eigenvalue weighted by atomic mass is 10.1. The molecule has 1 fully saturated rings. The van der Waals surface area contributed by atoms with Crippen LogP contribution in [0.2, 0.25) is 0 Å². The van der Waals surface area contributed by atoms with Gasteiger partial charge in [-0.25, -0.2) is 9.37 Å². The second kappa shape index (κ2) is 9.28. The Kier molecular flexibility index (Phi) is 6.45. The van der Waals surface area contributed by atoms with Crippen molar-refractivity contribution in [2.45, 2.75) is 19.0 Å². The van der Waals surface area contributed by atoms with E-state index in [0.29, 0.717) is 28.7 Å². The van der Waals surface area contributed by atoms with Crippen molar-refractivity contribution in [3.05, 3.63) is 71.0 Å². The van der Waals surface area contributed by atoms with E-state index in [1.807, 2.05) is 0 Å². The van der Waals surface area contributed by atoms with E-state index in [1.165, 1.54) is 35.6 Å². The molecule has 1 atom stereocenters. The molecule has 2 heterocycles. The lowest BCUT2D eigenvalue weighted by molar-refractivity contribution is -0.137. The molecule has 1 saturated heterocycles. The quantitative estimate of drug-likeness (QED) is 0.514. The lowest BCUT2D eigenvalue weighted by Crippen LogP contribution is -2.32. The first-order valence-electron chi connectivity index (χ1n) is 10.2. The molecule has 0 radical (unpaired) electrons. The summed E-state index contributed by atoms with van der Waals surface area (Å²) in [4.78, 5) is 18.9. The maximum absolute atomic E-state index is 13.1. The molecule has 4 rings (SSSR count). The van der Waals surface area contributed by atoms with Crippen molar-refractivity contribution >= 4 is 22.9 Å². The van der Waals surface area contributed by atoms with Crippen LogP contribution < -0.4 is 10.2 Å². The molecule has 1 N–H and O–H groups in total. The number of hydrogen-bond donors (Lipinski definition) is 1. The highest BCUT2D eigenvalue weighted by molar-refractivity contribution is 7.13. The van der Waals surface area contributed by atoms with Crippen molar-refractivity contribution in [1.29, 1.82) is 0 Å².